The van der Waals surface area contributed by atoms with E-state index in [0.717, 1.165) is 72.2 Å². The van der Waals surface area contributed by atoms with E-state index in [-0.39, 0.29) is 12.0 Å². The summed E-state index contributed by atoms with van der Waals surface area (Å²) in [5, 5.41) is 26.0. The number of amides is 1. The summed E-state index contributed by atoms with van der Waals surface area (Å²) >= 11 is 1.39. The van der Waals surface area contributed by atoms with E-state index in [9.17, 15) is 15.2 Å². The molecule has 0 unspecified atom stereocenters. The third-order valence-corrected chi connectivity index (χ3v) is 9.40. The highest BCUT2D eigenvalue weighted by Crippen LogP contribution is 2.44. The average molecular weight is 584 g/mol. The van der Waals surface area contributed by atoms with E-state index in [2.05, 4.69) is 31.5 Å². The van der Waals surface area contributed by atoms with Crippen molar-refractivity contribution in [1.29, 1.82) is 5.26 Å². The van der Waals surface area contributed by atoms with Gasteiger partial charge in [-0.3, -0.25) is 9.69 Å². The molecule has 1 aliphatic carbocycles. The van der Waals surface area contributed by atoms with Crippen LogP contribution in [0.5, 0.6) is 0 Å². The Balaban J connectivity index is 1.15. The maximum atomic E-state index is 12.5. The molecular weight excluding hydrogens is 550 g/mol. The molecule has 3 fully saturated rings. The SMILES string of the molecule is Cc1ccc(-c2nc(N(C)c3c4cc(N5CCN(CC(=O)N6CC(O)C6)CC5)cnc4nn3C3CC3)sc2C#N)cc1. The number of fused-ring (bicyclic) bond motifs is 1. The van der Waals surface area contributed by atoms with Crippen LogP contribution in [-0.2, 0) is 4.79 Å². The van der Waals surface area contributed by atoms with Gasteiger partial charge in [-0.25, -0.2) is 14.6 Å². The second-order valence-corrected chi connectivity index (χ2v) is 12.5. The first-order chi connectivity index (χ1) is 20.4. The summed E-state index contributed by atoms with van der Waals surface area (Å²) in [5.41, 5.74) is 4.52. The fourth-order valence-electron chi connectivity index (χ4n) is 5.68. The molecule has 11 nitrogen and oxygen atoms in total. The minimum absolute atomic E-state index is 0.0873. The van der Waals surface area contributed by atoms with E-state index in [4.69, 9.17) is 15.1 Å². The van der Waals surface area contributed by atoms with Gasteiger partial charge in [-0.1, -0.05) is 41.2 Å². The maximum Gasteiger partial charge on any atom is 0.236 e. The Morgan fingerprint density at radius 3 is 2.57 bits per heavy atom. The second-order valence-electron chi connectivity index (χ2n) is 11.5. The van der Waals surface area contributed by atoms with Crippen LogP contribution in [0.25, 0.3) is 22.3 Å². The number of aryl methyl sites for hydroxylation is 1. The summed E-state index contributed by atoms with van der Waals surface area (Å²) in [4.78, 5) is 31.0. The second kappa shape index (κ2) is 10.7. The molecule has 0 bridgehead atoms. The number of hydrogen-bond acceptors (Lipinski definition) is 10. The topological polar surface area (TPSA) is 118 Å². The highest BCUT2D eigenvalue weighted by Gasteiger charge is 2.33. The number of pyridine rings is 1. The fourth-order valence-corrected chi connectivity index (χ4v) is 6.53. The number of nitriles is 1. The van der Waals surface area contributed by atoms with Gasteiger partial charge in [-0.05, 0) is 25.8 Å². The molecule has 0 spiro atoms. The summed E-state index contributed by atoms with van der Waals surface area (Å²) in [6.45, 7) is 6.49. The lowest BCUT2D eigenvalue weighted by atomic mass is 10.1. The number of nitrogens with zero attached hydrogens (tertiary/aromatic N) is 9. The molecule has 12 heteroatoms. The Morgan fingerprint density at radius 2 is 1.90 bits per heavy atom. The van der Waals surface area contributed by atoms with Crippen molar-refractivity contribution in [2.24, 2.45) is 0 Å². The van der Waals surface area contributed by atoms with Crippen molar-refractivity contribution >= 4 is 44.9 Å². The molecule has 4 aromatic rings. The lowest BCUT2D eigenvalue weighted by Gasteiger charge is -2.39. The van der Waals surface area contributed by atoms with Crippen LogP contribution in [0, 0.1) is 18.3 Å². The van der Waals surface area contributed by atoms with Gasteiger partial charge < -0.3 is 19.8 Å². The molecule has 216 valence electrons. The predicted molar refractivity (Wildman–Crippen MR) is 162 cm³/mol. The summed E-state index contributed by atoms with van der Waals surface area (Å²) in [6, 6.07) is 13.0. The van der Waals surface area contributed by atoms with Crippen LogP contribution in [0.1, 0.15) is 29.3 Å². The van der Waals surface area contributed by atoms with Gasteiger partial charge in [0.05, 0.1) is 36.0 Å². The van der Waals surface area contributed by atoms with E-state index < -0.39 is 0 Å². The van der Waals surface area contributed by atoms with Gasteiger partial charge >= 0.3 is 0 Å². The third-order valence-electron chi connectivity index (χ3n) is 8.36. The number of β-amino-alcohol motifs (C(OH)–C–C–N with tert-alkyl or cyclic N) is 1. The van der Waals surface area contributed by atoms with Crippen molar-refractivity contribution in [2.45, 2.75) is 31.9 Å². The largest absolute Gasteiger partial charge is 0.389 e. The fraction of sp³-hybridized carbons (Fsp3) is 0.433. The zero-order valence-corrected chi connectivity index (χ0v) is 24.6. The minimum atomic E-state index is -0.374. The molecule has 3 aromatic heterocycles. The molecule has 1 N–H and O–H groups in total. The van der Waals surface area contributed by atoms with Crippen LogP contribution in [0.4, 0.5) is 16.6 Å². The van der Waals surface area contributed by atoms with Gasteiger partial charge in [0.25, 0.3) is 0 Å². The number of aliphatic hydroxyl groups is 1. The van der Waals surface area contributed by atoms with E-state index in [1.807, 2.05) is 44.4 Å². The van der Waals surface area contributed by atoms with E-state index >= 15 is 0 Å². The molecule has 2 saturated heterocycles. The molecule has 1 aromatic carbocycles. The van der Waals surface area contributed by atoms with Gasteiger partial charge in [-0.2, -0.15) is 10.4 Å². The van der Waals surface area contributed by atoms with Crippen LogP contribution in [0.15, 0.2) is 36.5 Å². The van der Waals surface area contributed by atoms with Gasteiger partial charge in [0.15, 0.2) is 10.8 Å². The van der Waals surface area contributed by atoms with Gasteiger partial charge in [0.2, 0.25) is 5.91 Å². The number of aliphatic hydroxyl groups excluding tert-OH is 1. The number of likely N-dealkylation sites (tertiary alicyclic amines) is 1. The van der Waals surface area contributed by atoms with Crippen LogP contribution >= 0.6 is 11.3 Å². The number of rotatable bonds is 7. The quantitative estimate of drug-likeness (QED) is 0.350. The van der Waals surface area contributed by atoms with Crippen molar-refractivity contribution in [2.75, 3.05) is 62.7 Å². The molecule has 1 saturated carbocycles. The Labute approximate surface area is 248 Å². The number of carbonyl (C=O) groups excluding carboxylic acids is 1. The minimum Gasteiger partial charge on any atom is -0.389 e. The predicted octanol–water partition coefficient (Wildman–Crippen LogP) is 3.16. The van der Waals surface area contributed by atoms with Crippen LogP contribution < -0.4 is 9.80 Å². The monoisotopic (exact) mass is 583 g/mol. The summed E-state index contributed by atoms with van der Waals surface area (Å²) in [6.07, 6.45) is 3.68. The summed E-state index contributed by atoms with van der Waals surface area (Å²) in [5.74, 6) is 1.03. The smallest absolute Gasteiger partial charge is 0.236 e. The third kappa shape index (κ3) is 4.98. The zero-order valence-electron chi connectivity index (χ0n) is 23.8. The number of carbonyl (C=O) groups is 1. The van der Waals surface area contributed by atoms with E-state index in [0.29, 0.717) is 41.9 Å². The van der Waals surface area contributed by atoms with Crippen LogP contribution in [0.3, 0.4) is 0 Å². The molecule has 7 rings (SSSR count). The van der Waals surface area contributed by atoms with E-state index in [1.165, 1.54) is 11.3 Å². The lowest BCUT2D eigenvalue weighted by Crippen LogP contribution is -2.57. The van der Waals surface area contributed by atoms with Crippen molar-refractivity contribution < 1.29 is 9.90 Å². The lowest BCUT2D eigenvalue weighted by molar-refractivity contribution is -0.142. The highest BCUT2D eigenvalue weighted by molar-refractivity contribution is 7.16. The van der Waals surface area contributed by atoms with Crippen molar-refractivity contribution in [1.82, 2.24) is 29.5 Å². The zero-order chi connectivity index (χ0) is 29.0. The molecular formula is C30H33N9O2S. The number of piperazine rings is 1. The van der Waals surface area contributed by atoms with Crippen molar-refractivity contribution in [3.8, 4) is 17.3 Å². The number of anilines is 3. The number of benzene rings is 1. The first-order valence-corrected chi connectivity index (χ1v) is 15.2. The molecule has 3 aliphatic rings. The standard InChI is InChI=1S/C30H33N9O2S/c1-19-3-5-20(6-4-19)27-25(14-31)42-30(33-27)35(2)29-24-13-22(15-32-28(24)34-39(29)21-7-8-21)37-11-9-36(10-12-37)18-26(41)38-16-23(40)17-38/h3-6,13,15,21,23,40H,7-12,16-18H2,1-2H3. The normalized spacial score (nSPS) is 17.9. The molecule has 0 radical (unpaired) electrons. The van der Waals surface area contributed by atoms with Crippen molar-refractivity contribution in [3.63, 3.8) is 0 Å². The maximum absolute atomic E-state index is 12.5. The average Bonchev–Trinajstić information content (AvgIpc) is 3.62. The highest BCUT2D eigenvalue weighted by atomic mass is 32.1. The Bertz CT molecular complexity index is 1670. The van der Waals surface area contributed by atoms with Gasteiger partial charge in [0, 0.05) is 51.9 Å². The van der Waals surface area contributed by atoms with Crippen LogP contribution in [0.2, 0.25) is 0 Å². The Kier molecular flexibility index (Phi) is 6.80. The Hall–Kier alpha value is -4.05. The number of hydrogen-bond donors (Lipinski definition) is 1. The molecule has 1 amide bonds. The first-order valence-electron chi connectivity index (χ1n) is 14.4. The summed E-state index contributed by atoms with van der Waals surface area (Å²) in [7, 11) is 1.99. The number of aromatic nitrogens is 4. The molecule has 0 atom stereocenters. The van der Waals surface area contributed by atoms with E-state index in [1.54, 1.807) is 4.90 Å². The van der Waals surface area contributed by atoms with Gasteiger partial charge in [-0.15, -0.1) is 0 Å². The number of thiazole rings is 1. The molecule has 42 heavy (non-hydrogen) atoms. The molecule has 5 heterocycles. The molecule has 2 aliphatic heterocycles. The Morgan fingerprint density at radius 1 is 1.17 bits per heavy atom. The van der Waals surface area contributed by atoms with Gasteiger partial charge in [0.1, 0.15) is 22.5 Å². The first kappa shape index (κ1) is 26.8. The van der Waals surface area contributed by atoms with Crippen molar-refractivity contribution in [3.05, 3.63) is 47.0 Å². The van der Waals surface area contributed by atoms with Crippen LogP contribution in [-0.4, -0.2) is 99.5 Å². The summed E-state index contributed by atoms with van der Waals surface area (Å²) < 4.78 is 2.08.